The second-order valence-electron chi connectivity index (χ2n) is 4.18. The van der Waals surface area contributed by atoms with E-state index in [9.17, 15) is 4.79 Å². The molecule has 2 rings (SSSR count). The van der Waals surface area contributed by atoms with Crippen LogP contribution in [0.15, 0.2) is 11.6 Å². The van der Waals surface area contributed by atoms with Crippen molar-refractivity contribution in [3.8, 4) is 0 Å². The summed E-state index contributed by atoms with van der Waals surface area (Å²) in [4.78, 5) is 11.2. The number of hydrogen-bond donors (Lipinski definition) is 1. The average molecular weight is 180 g/mol. The zero-order valence-electron chi connectivity index (χ0n) is 7.83. The predicted octanol–water partition coefficient (Wildman–Crippen LogP) is 1.68. The van der Waals surface area contributed by atoms with E-state index in [0.717, 1.165) is 0 Å². The molecule has 72 valence electrons. The Morgan fingerprint density at radius 1 is 1.38 bits per heavy atom. The number of carbonyl (C=O) groups excluding carboxylic acids is 1. The van der Waals surface area contributed by atoms with Crippen LogP contribution in [0.3, 0.4) is 0 Å². The molecule has 0 spiro atoms. The van der Waals surface area contributed by atoms with Crippen molar-refractivity contribution in [2.75, 3.05) is 6.61 Å². The van der Waals surface area contributed by atoms with Gasteiger partial charge in [-0.3, -0.25) is 4.79 Å². The van der Waals surface area contributed by atoms with Crippen LogP contribution in [0.2, 0.25) is 0 Å². The van der Waals surface area contributed by atoms with Crippen molar-refractivity contribution < 1.29 is 9.90 Å². The van der Waals surface area contributed by atoms with Gasteiger partial charge in [-0.15, -0.1) is 0 Å². The van der Waals surface area contributed by atoms with Crippen molar-refractivity contribution in [1.29, 1.82) is 0 Å². The van der Waals surface area contributed by atoms with Gasteiger partial charge in [0.15, 0.2) is 5.78 Å². The van der Waals surface area contributed by atoms with Crippen molar-refractivity contribution in [1.82, 2.24) is 0 Å². The Morgan fingerprint density at radius 3 is 2.69 bits per heavy atom. The standard InChI is InChI=1S/C11H16O2/c12-7-9-5-10(13)6-11(9)8-3-1-2-4-8/h6,8-9,12H,1-5,7H2. The Morgan fingerprint density at radius 2 is 2.08 bits per heavy atom. The zero-order chi connectivity index (χ0) is 9.26. The smallest absolute Gasteiger partial charge is 0.156 e. The van der Waals surface area contributed by atoms with Crippen LogP contribution in [-0.4, -0.2) is 17.5 Å². The highest BCUT2D eigenvalue weighted by Gasteiger charge is 2.30. The zero-order valence-corrected chi connectivity index (χ0v) is 7.83. The summed E-state index contributed by atoms with van der Waals surface area (Å²) >= 11 is 0. The van der Waals surface area contributed by atoms with Gasteiger partial charge in [-0.25, -0.2) is 0 Å². The van der Waals surface area contributed by atoms with Gasteiger partial charge in [-0.05, 0) is 24.8 Å². The molecule has 0 saturated heterocycles. The first-order valence-electron chi connectivity index (χ1n) is 5.16. The molecule has 0 aromatic heterocycles. The summed E-state index contributed by atoms with van der Waals surface area (Å²) in [5, 5.41) is 9.12. The molecule has 1 saturated carbocycles. The minimum Gasteiger partial charge on any atom is -0.396 e. The summed E-state index contributed by atoms with van der Waals surface area (Å²) in [6.07, 6.45) is 7.34. The van der Waals surface area contributed by atoms with E-state index in [-0.39, 0.29) is 18.3 Å². The lowest BCUT2D eigenvalue weighted by atomic mass is 9.89. The fourth-order valence-corrected chi connectivity index (χ4v) is 2.60. The lowest BCUT2D eigenvalue weighted by Gasteiger charge is -2.16. The third-order valence-corrected chi connectivity index (χ3v) is 3.29. The molecule has 2 nitrogen and oxygen atoms in total. The predicted molar refractivity (Wildman–Crippen MR) is 50.2 cm³/mol. The molecular formula is C11H16O2. The van der Waals surface area contributed by atoms with Gasteiger partial charge in [0.2, 0.25) is 0 Å². The highest BCUT2D eigenvalue weighted by Crippen LogP contribution is 2.38. The molecule has 2 aliphatic carbocycles. The van der Waals surface area contributed by atoms with E-state index < -0.39 is 0 Å². The third kappa shape index (κ3) is 1.68. The Kier molecular flexibility index (Phi) is 2.49. The van der Waals surface area contributed by atoms with Crippen LogP contribution in [0.4, 0.5) is 0 Å². The number of allylic oxidation sites excluding steroid dienone is 1. The largest absolute Gasteiger partial charge is 0.396 e. The molecule has 1 atom stereocenters. The van der Waals surface area contributed by atoms with Crippen molar-refractivity contribution in [2.45, 2.75) is 32.1 Å². The first kappa shape index (κ1) is 8.95. The van der Waals surface area contributed by atoms with Gasteiger partial charge in [0, 0.05) is 12.3 Å². The first-order chi connectivity index (χ1) is 6.31. The molecule has 0 aromatic rings. The molecule has 0 bridgehead atoms. The van der Waals surface area contributed by atoms with E-state index in [1.165, 1.54) is 31.3 Å². The Bertz CT molecular complexity index is 236. The van der Waals surface area contributed by atoms with Crippen LogP contribution in [0.5, 0.6) is 0 Å². The molecule has 0 aliphatic heterocycles. The summed E-state index contributed by atoms with van der Waals surface area (Å²) in [7, 11) is 0. The number of carbonyl (C=O) groups is 1. The van der Waals surface area contributed by atoms with E-state index in [0.29, 0.717) is 12.3 Å². The van der Waals surface area contributed by atoms with Crippen LogP contribution in [0.25, 0.3) is 0 Å². The number of aliphatic hydroxyl groups excluding tert-OH is 1. The quantitative estimate of drug-likeness (QED) is 0.702. The van der Waals surface area contributed by atoms with Crippen molar-refractivity contribution in [3.05, 3.63) is 11.6 Å². The Balaban J connectivity index is 2.10. The molecular weight excluding hydrogens is 164 g/mol. The lowest BCUT2D eigenvalue weighted by molar-refractivity contribution is -0.114. The fraction of sp³-hybridized carbons (Fsp3) is 0.727. The highest BCUT2D eigenvalue weighted by molar-refractivity contribution is 5.93. The van der Waals surface area contributed by atoms with E-state index >= 15 is 0 Å². The SMILES string of the molecule is O=C1C=C(C2CCCC2)C(CO)C1. The van der Waals surface area contributed by atoms with Crippen molar-refractivity contribution in [3.63, 3.8) is 0 Å². The van der Waals surface area contributed by atoms with Gasteiger partial charge in [-0.1, -0.05) is 18.4 Å². The highest BCUT2D eigenvalue weighted by atomic mass is 16.3. The second-order valence-corrected chi connectivity index (χ2v) is 4.18. The van der Waals surface area contributed by atoms with Crippen LogP contribution in [0, 0.1) is 11.8 Å². The van der Waals surface area contributed by atoms with Gasteiger partial charge in [0.05, 0.1) is 6.61 Å². The van der Waals surface area contributed by atoms with Crippen molar-refractivity contribution >= 4 is 5.78 Å². The summed E-state index contributed by atoms with van der Waals surface area (Å²) in [5.74, 6) is 0.958. The van der Waals surface area contributed by atoms with Gasteiger partial charge in [-0.2, -0.15) is 0 Å². The first-order valence-corrected chi connectivity index (χ1v) is 5.16. The molecule has 1 fully saturated rings. The number of hydrogen-bond acceptors (Lipinski definition) is 2. The van der Waals surface area contributed by atoms with Crippen LogP contribution in [-0.2, 0) is 4.79 Å². The summed E-state index contributed by atoms with van der Waals surface area (Å²) in [5.41, 5.74) is 1.24. The molecule has 0 amide bonds. The van der Waals surface area contributed by atoms with E-state index in [4.69, 9.17) is 5.11 Å². The van der Waals surface area contributed by atoms with Gasteiger partial charge in [0.25, 0.3) is 0 Å². The molecule has 0 radical (unpaired) electrons. The summed E-state index contributed by atoms with van der Waals surface area (Å²) in [6.45, 7) is 0.147. The molecule has 1 N–H and O–H groups in total. The van der Waals surface area contributed by atoms with E-state index in [1.807, 2.05) is 0 Å². The summed E-state index contributed by atoms with van der Waals surface area (Å²) in [6, 6.07) is 0. The summed E-state index contributed by atoms with van der Waals surface area (Å²) < 4.78 is 0. The molecule has 1 unspecified atom stereocenters. The van der Waals surface area contributed by atoms with Gasteiger partial charge in [0.1, 0.15) is 0 Å². The molecule has 13 heavy (non-hydrogen) atoms. The maximum absolute atomic E-state index is 11.2. The maximum Gasteiger partial charge on any atom is 0.156 e. The normalized spacial score (nSPS) is 29.8. The maximum atomic E-state index is 11.2. The van der Waals surface area contributed by atoms with Gasteiger partial charge < -0.3 is 5.11 Å². The topological polar surface area (TPSA) is 37.3 Å². The van der Waals surface area contributed by atoms with Crippen molar-refractivity contribution in [2.24, 2.45) is 11.8 Å². The third-order valence-electron chi connectivity index (χ3n) is 3.29. The molecule has 0 aromatic carbocycles. The minimum atomic E-state index is 0.147. The monoisotopic (exact) mass is 180 g/mol. The molecule has 2 heteroatoms. The van der Waals surface area contributed by atoms with Crippen LogP contribution in [0.1, 0.15) is 32.1 Å². The molecule has 2 aliphatic rings. The minimum absolute atomic E-state index is 0.147. The average Bonchev–Trinajstić information content (AvgIpc) is 2.71. The van der Waals surface area contributed by atoms with Crippen LogP contribution >= 0.6 is 0 Å². The number of aliphatic hydroxyl groups is 1. The van der Waals surface area contributed by atoms with E-state index in [2.05, 4.69) is 0 Å². The molecule has 0 heterocycles. The Hall–Kier alpha value is -0.630. The van der Waals surface area contributed by atoms with Gasteiger partial charge >= 0.3 is 0 Å². The number of ketones is 1. The van der Waals surface area contributed by atoms with Crippen LogP contribution < -0.4 is 0 Å². The second kappa shape index (κ2) is 3.62. The fourth-order valence-electron chi connectivity index (χ4n) is 2.60. The Labute approximate surface area is 78.6 Å². The van der Waals surface area contributed by atoms with E-state index in [1.54, 1.807) is 6.08 Å². The number of rotatable bonds is 2. The lowest BCUT2D eigenvalue weighted by Crippen LogP contribution is -2.11.